The molecule has 1 saturated carbocycles. The molecule has 1 amide bonds. The van der Waals surface area contributed by atoms with Gasteiger partial charge in [0, 0.05) is 18.9 Å². The molecule has 4 aliphatic heterocycles. The van der Waals surface area contributed by atoms with Gasteiger partial charge in [0.05, 0.1) is 0 Å². The highest BCUT2D eigenvalue weighted by Crippen LogP contribution is 2.60. The zero-order valence-corrected chi connectivity index (χ0v) is 17.4. The van der Waals surface area contributed by atoms with Crippen molar-refractivity contribution in [3.05, 3.63) is 35.9 Å². The molecular weight excluding hydrogens is 370 g/mol. The molecular formula is C23H31NO5. The number of ether oxygens (including phenoxy) is 2. The molecule has 6 heteroatoms. The quantitative estimate of drug-likeness (QED) is 0.785. The fourth-order valence-electron chi connectivity index (χ4n) is 6.09. The summed E-state index contributed by atoms with van der Waals surface area (Å²) in [6, 6.07) is 9.93. The Kier molecular flexibility index (Phi) is 4.74. The normalized spacial score (nSPS) is 45.9. The first-order valence-corrected chi connectivity index (χ1v) is 10.9. The molecule has 0 unspecified atom stereocenters. The van der Waals surface area contributed by atoms with Crippen molar-refractivity contribution >= 4 is 5.91 Å². The maximum absolute atomic E-state index is 13.1. The van der Waals surface area contributed by atoms with Gasteiger partial charge in [-0.3, -0.25) is 4.79 Å². The summed E-state index contributed by atoms with van der Waals surface area (Å²) >= 11 is 0. The van der Waals surface area contributed by atoms with E-state index in [0.29, 0.717) is 18.4 Å². The molecule has 5 fully saturated rings. The smallest absolute Gasteiger partial charge is 0.249 e. The average Bonchev–Trinajstić information content (AvgIpc) is 2.95. The third-order valence-electron chi connectivity index (χ3n) is 7.73. The van der Waals surface area contributed by atoms with Gasteiger partial charge in [-0.2, -0.15) is 0 Å². The molecule has 29 heavy (non-hydrogen) atoms. The highest BCUT2D eigenvalue weighted by Gasteiger charge is 2.69. The largest absolute Gasteiger partial charge is 0.350 e. The van der Waals surface area contributed by atoms with Crippen LogP contribution in [0, 0.1) is 23.7 Å². The van der Waals surface area contributed by atoms with Crippen LogP contribution in [0.3, 0.4) is 0 Å². The standard InChI is InChI=1S/C23H31NO5/c1-14-9-10-18-15(2)19(20(25)24-13-16-7-5-4-6-8-16)26-21-23(18)17(14)11-12-22(3,27-21)28-29-23/h4-8,14-15,17-19,21H,9-13H2,1-3H3,(H,24,25)/t14-,15-,17+,18+,19-,21-,22-,23-/m1/s1. The van der Waals surface area contributed by atoms with E-state index in [4.69, 9.17) is 19.2 Å². The number of hydrogen-bond acceptors (Lipinski definition) is 5. The second-order valence-corrected chi connectivity index (χ2v) is 9.53. The van der Waals surface area contributed by atoms with Crippen molar-refractivity contribution < 1.29 is 24.0 Å². The van der Waals surface area contributed by atoms with Crippen LogP contribution in [0.25, 0.3) is 0 Å². The Morgan fingerprint density at radius 1 is 1.10 bits per heavy atom. The first kappa shape index (κ1) is 19.5. The van der Waals surface area contributed by atoms with Crippen molar-refractivity contribution in [2.75, 3.05) is 0 Å². The second kappa shape index (κ2) is 7.05. The number of nitrogens with one attached hydrogen (secondary N) is 1. The van der Waals surface area contributed by atoms with Crippen LogP contribution in [0.15, 0.2) is 30.3 Å². The summed E-state index contributed by atoms with van der Waals surface area (Å²) in [6.07, 6.45) is 2.75. The molecule has 0 radical (unpaired) electrons. The number of carbonyl (C=O) groups is 1. The van der Waals surface area contributed by atoms with E-state index in [1.807, 2.05) is 37.3 Å². The van der Waals surface area contributed by atoms with Gasteiger partial charge in [-0.25, -0.2) is 9.78 Å². The third-order valence-corrected chi connectivity index (χ3v) is 7.73. The van der Waals surface area contributed by atoms with Crippen LogP contribution in [0.5, 0.6) is 0 Å². The Morgan fingerprint density at radius 2 is 1.90 bits per heavy atom. The lowest BCUT2D eigenvalue weighted by atomic mass is 9.57. The van der Waals surface area contributed by atoms with E-state index in [1.165, 1.54) is 0 Å². The van der Waals surface area contributed by atoms with Gasteiger partial charge in [-0.15, -0.1) is 0 Å². The fourth-order valence-corrected chi connectivity index (χ4v) is 6.09. The van der Waals surface area contributed by atoms with Gasteiger partial charge in [0.2, 0.25) is 11.7 Å². The first-order valence-electron chi connectivity index (χ1n) is 10.9. The monoisotopic (exact) mass is 401 g/mol. The topological polar surface area (TPSA) is 66.0 Å². The number of hydrogen-bond donors (Lipinski definition) is 1. The summed E-state index contributed by atoms with van der Waals surface area (Å²) < 4.78 is 12.7. The van der Waals surface area contributed by atoms with Crippen molar-refractivity contribution in [1.82, 2.24) is 5.32 Å². The number of rotatable bonds is 3. The van der Waals surface area contributed by atoms with Crippen LogP contribution < -0.4 is 5.32 Å². The lowest BCUT2D eigenvalue weighted by Gasteiger charge is -2.60. The summed E-state index contributed by atoms with van der Waals surface area (Å²) in [6.45, 7) is 6.80. The van der Waals surface area contributed by atoms with E-state index in [1.54, 1.807) is 0 Å². The Hall–Kier alpha value is -1.47. The van der Waals surface area contributed by atoms with Gasteiger partial charge < -0.3 is 14.8 Å². The molecule has 6 rings (SSSR count). The van der Waals surface area contributed by atoms with Crippen LogP contribution >= 0.6 is 0 Å². The lowest BCUT2D eigenvalue weighted by Crippen LogP contribution is -2.71. The predicted octanol–water partition coefficient (Wildman–Crippen LogP) is 3.55. The van der Waals surface area contributed by atoms with Gasteiger partial charge >= 0.3 is 0 Å². The van der Waals surface area contributed by atoms with Crippen LogP contribution in [-0.4, -0.2) is 29.7 Å². The van der Waals surface area contributed by atoms with Crippen LogP contribution in [0.2, 0.25) is 0 Å². The molecule has 2 bridgehead atoms. The van der Waals surface area contributed by atoms with Crippen molar-refractivity contribution in [3.63, 3.8) is 0 Å². The number of fused-ring (bicyclic) bond motifs is 2. The fraction of sp³-hybridized carbons (Fsp3) is 0.696. The Morgan fingerprint density at radius 3 is 2.69 bits per heavy atom. The van der Waals surface area contributed by atoms with E-state index in [9.17, 15) is 4.79 Å². The minimum absolute atomic E-state index is 0.0201. The lowest BCUT2D eigenvalue weighted by molar-refractivity contribution is -0.569. The van der Waals surface area contributed by atoms with Gasteiger partial charge in [-0.05, 0) is 49.5 Å². The van der Waals surface area contributed by atoms with E-state index in [-0.39, 0.29) is 17.7 Å². The van der Waals surface area contributed by atoms with Crippen molar-refractivity contribution in [3.8, 4) is 0 Å². The predicted molar refractivity (Wildman–Crippen MR) is 105 cm³/mol. The first-order chi connectivity index (χ1) is 13.9. The molecule has 158 valence electrons. The van der Waals surface area contributed by atoms with Crippen LogP contribution in [-0.2, 0) is 30.6 Å². The minimum atomic E-state index is -0.816. The Labute approximate surface area is 172 Å². The van der Waals surface area contributed by atoms with Gasteiger partial charge in [-0.1, -0.05) is 44.2 Å². The van der Waals surface area contributed by atoms with Gasteiger partial charge in [0.25, 0.3) is 0 Å². The molecule has 8 atom stereocenters. The number of benzene rings is 1. The van der Waals surface area contributed by atoms with Crippen molar-refractivity contribution in [2.45, 2.75) is 76.8 Å². The third kappa shape index (κ3) is 3.03. The van der Waals surface area contributed by atoms with Crippen LogP contribution in [0.4, 0.5) is 0 Å². The molecule has 5 aliphatic rings. The van der Waals surface area contributed by atoms with E-state index in [2.05, 4.69) is 19.2 Å². The number of amides is 1. The highest BCUT2D eigenvalue weighted by molar-refractivity contribution is 5.81. The molecule has 4 heterocycles. The Bertz CT molecular complexity index is 772. The maximum atomic E-state index is 13.1. The van der Waals surface area contributed by atoms with Gasteiger partial charge in [0.1, 0.15) is 6.10 Å². The molecule has 0 aromatic heterocycles. The second-order valence-electron chi connectivity index (χ2n) is 9.53. The van der Waals surface area contributed by atoms with Crippen LogP contribution in [0.1, 0.15) is 52.0 Å². The molecule has 1 spiro atoms. The molecule has 1 N–H and O–H groups in total. The molecule has 6 nitrogen and oxygen atoms in total. The zero-order valence-electron chi connectivity index (χ0n) is 17.4. The van der Waals surface area contributed by atoms with E-state index >= 15 is 0 Å². The van der Waals surface area contributed by atoms with Gasteiger partial charge in [0.15, 0.2) is 11.9 Å². The molecule has 1 aromatic rings. The van der Waals surface area contributed by atoms with Crippen molar-refractivity contribution in [2.24, 2.45) is 23.7 Å². The minimum Gasteiger partial charge on any atom is -0.350 e. The summed E-state index contributed by atoms with van der Waals surface area (Å²) in [5, 5.41) is 3.05. The number of carbonyl (C=O) groups excluding carboxylic acids is 1. The van der Waals surface area contributed by atoms with Crippen molar-refractivity contribution in [1.29, 1.82) is 0 Å². The molecule has 1 aromatic carbocycles. The molecule has 1 aliphatic carbocycles. The summed E-state index contributed by atoms with van der Waals surface area (Å²) in [7, 11) is 0. The average molecular weight is 402 g/mol. The zero-order chi connectivity index (χ0) is 20.2. The highest BCUT2D eigenvalue weighted by atomic mass is 17.3. The van der Waals surface area contributed by atoms with E-state index in [0.717, 1.165) is 31.2 Å². The maximum Gasteiger partial charge on any atom is 0.249 e. The Balaban J connectivity index is 1.40. The summed E-state index contributed by atoms with van der Waals surface area (Å²) in [4.78, 5) is 25.0. The van der Waals surface area contributed by atoms with E-state index < -0.39 is 23.8 Å². The summed E-state index contributed by atoms with van der Waals surface area (Å²) in [5.74, 6) is 0.112. The SMILES string of the molecule is C[C@H]1[C@H](C(=O)NCc2ccccc2)O[C@@H]2O[C@@]3(C)CC[C@H]4[C@H](C)CC[C@@H]1[C@@]24OO3. The molecule has 4 saturated heterocycles. The summed E-state index contributed by atoms with van der Waals surface area (Å²) in [5.41, 5.74) is 0.449.